The summed E-state index contributed by atoms with van der Waals surface area (Å²) in [6, 6.07) is 0. The van der Waals surface area contributed by atoms with Crippen LogP contribution in [0.15, 0.2) is 0 Å². The van der Waals surface area contributed by atoms with Crippen molar-refractivity contribution < 1.29 is 0 Å². The van der Waals surface area contributed by atoms with E-state index in [0.29, 0.717) is 0 Å². The Labute approximate surface area is 81.5 Å². The van der Waals surface area contributed by atoms with E-state index in [-0.39, 0.29) is 0 Å². The first kappa shape index (κ1) is 10.4. The summed E-state index contributed by atoms with van der Waals surface area (Å²) in [5, 5.41) is 0. The highest BCUT2D eigenvalue weighted by molar-refractivity contribution is 7.99. The molecule has 0 radical (unpaired) electrons. The molecule has 1 saturated carbocycles. The van der Waals surface area contributed by atoms with Crippen molar-refractivity contribution in [3.63, 3.8) is 0 Å². The molecule has 72 valence electrons. The van der Waals surface area contributed by atoms with E-state index in [1.165, 1.54) is 30.8 Å². The van der Waals surface area contributed by atoms with Gasteiger partial charge in [0.2, 0.25) is 0 Å². The molecule has 0 heterocycles. The molecule has 0 aromatic rings. The van der Waals surface area contributed by atoms with Gasteiger partial charge in [-0.2, -0.15) is 11.8 Å². The fourth-order valence-corrected chi connectivity index (χ4v) is 3.50. The summed E-state index contributed by atoms with van der Waals surface area (Å²) in [6.07, 6.45) is 4.41. The van der Waals surface area contributed by atoms with Crippen LogP contribution < -0.4 is 0 Å². The molecule has 0 aliphatic heterocycles. The van der Waals surface area contributed by atoms with Crippen LogP contribution in [0.3, 0.4) is 0 Å². The largest absolute Gasteiger partial charge is 0.162 e. The summed E-state index contributed by atoms with van der Waals surface area (Å²) in [6.45, 7) is 7.15. The van der Waals surface area contributed by atoms with Gasteiger partial charge < -0.3 is 0 Å². The SMILES string of the molecule is CCSCC1C(C)CCCC1C. The molecule has 12 heavy (non-hydrogen) atoms. The third-order valence-electron chi connectivity index (χ3n) is 3.30. The highest BCUT2D eigenvalue weighted by Gasteiger charge is 2.26. The van der Waals surface area contributed by atoms with Gasteiger partial charge in [0.1, 0.15) is 0 Å². The average molecular weight is 186 g/mol. The second-order valence-corrected chi connectivity index (χ2v) is 5.53. The molecule has 0 amide bonds. The van der Waals surface area contributed by atoms with Gasteiger partial charge in [0.15, 0.2) is 0 Å². The normalized spacial score (nSPS) is 36.8. The van der Waals surface area contributed by atoms with E-state index in [1.54, 1.807) is 0 Å². The van der Waals surface area contributed by atoms with Crippen LogP contribution in [0.1, 0.15) is 40.0 Å². The molecule has 1 fully saturated rings. The van der Waals surface area contributed by atoms with E-state index in [1.807, 2.05) is 0 Å². The Bertz CT molecular complexity index is 112. The lowest BCUT2D eigenvalue weighted by molar-refractivity contribution is 0.202. The molecule has 0 nitrogen and oxygen atoms in total. The van der Waals surface area contributed by atoms with Crippen LogP contribution in [0.4, 0.5) is 0 Å². The van der Waals surface area contributed by atoms with Crippen molar-refractivity contribution in [3.05, 3.63) is 0 Å². The minimum Gasteiger partial charge on any atom is -0.162 e. The van der Waals surface area contributed by atoms with Crippen molar-refractivity contribution in [1.29, 1.82) is 0 Å². The summed E-state index contributed by atoms with van der Waals surface area (Å²) in [4.78, 5) is 0. The molecule has 1 aliphatic rings. The Kier molecular flexibility index (Phi) is 4.49. The Morgan fingerprint density at radius 2 is 1.75 bits per heavy atom. The first-order valence-corrected chi connectivity index (χ1v) is 6.49. The van der Waals surface area contributed by atoms with Gasteiger partial charge in [-0.1, -0.05) is 40.0 Å². The van der Waals surface area contributed by atoms with Crippen LogP contribution in [0.5, 0.6) is 0 Å². The van der Waals surface area contributed by atoms with Gasteiger partial charge >= 0.3 is 0 Å². The number of rotatable bonds is 3. The molecule has 1 heteroatoms. The molecular weight excluding hydrogens is 164 g/mol. The fourth-order valence-electron chi connectivity index (χ4n) is 2.33. The van der Waals surface area contributed by atoms with Crippen molar-refractivity contribution in [2.24, 2.45) is 17.8 Å². The predicted octanol–water partition coefficient (Wildman–Crippen LogP) is 3.81. The zero-order valence-corrected chi connectivity index (χ0v) is 9.49. The zero-order chi connectivity index (χ0) is 8.97. The summed E-state index contributed by atoms with van der Waals surface area (Å²) >= 11 is 2.12. The van der Waals surface area contributed by atoms with E-state index in [9.17, 15) is 0 Å². The maximum absolute atomic E-state index is 2.44. The number of hydrogen-bond acceptors (Lipinski definition) is 1. The van der Waals surface area contributed by atoms with E-state index < -0.39 is 0 Å². The second kappa shape index (κ2) is 5.16. The molecule has 0 N–H and O–H groups in total. The first-order chi connectivity index (χ1) is 5.75. The van der Waals surface area contributed by atoms with Gasteiger partial charge in [0, 0.05) is 0 Å². The molecule has 0 bridgehead atoms. The van der Waals surface area contributed by atoms with Gasteiger partial charge in [0.05, 0.1) is 0 Å². The molecule has 2 atom stereocenters. The third-order valence-corrected chi connectivity index (χ3v) is 4.32. The topological polar surface area (TPSA) is 0 Å². The molecule has 0 aromatic heterocycles. The Morgan fingerprint density at radius 1 is 1.17 bits per heavy atom. The van der Waals surface area contributed by atoms with Crippen LogP contribution in [-0.4, -0.2) is 11.5 Å². The van der Waals surface area contributed by atoms with Crippen molar-refractivity contribution in [1.82, 2.24) is 0 Å². The molecule has 0 saturated heterocycles. The maximum Gasteiger partial charge on any atom is -0.00341 e. The van der Waals surface area contributed by atoms with Crippen molar-refractivity contribution in [3.8, 4) is 0 Å². The molecule has 1 aliphatic carbocycles. The standard InChI is InChI=1S/C11H22S/c1-4-12-8-11-9(2)6-5-7-10(11)3/h9-11H,4-8H2,1-3H3. The van der Waals surface area contributed by atoms with Crippen molar-refractivity contribution in [2.45, 2.75) is 40.0 Å². The van der Waals surface area contributed by atoms with Gasteiger partial charge in [-0.3, -0.25) is 0 Å². The molecular formula is C11H22S. The van der Waals surface area contributed by atoms with E-state index in [0.717, 1.165) is 17.8 Å². The second-order valence-electron chi connectivity index (χ2n) is 4.21. The lowest BCUT2D eigenvalue weighted by atomic mass is 9.75. The minimum atomic E-state index is 0.979. The quantitative estimate of drug-likeness (QED) is 0.646. The van der Waals surface area contributed by atoms with Crippen LogP contribution in [-0.2, 0) is 0 Å². The molecule has 0 spiro atoms. The van der Waals surface area contributed by atoms with Crippen molar-refractivity contribution >= 4 is 11.8 Å². The smallest absolute Gasteiger partial charge is 0.00341 e. The first-order valence-electron chi connectivity index (χ1n) is 5.33. The lowest BCUT2D eigenvalue weighted by Gasteiger charge is -2.34. The van der Waals surface area contributed by atoms with E-state index in [4.69, 9.17) is 0 Å². The highest BCUT2D eigenvalue weighted by Crippen LogP contribution is 2.36. The highest BCUT2D eigenvalue weighted by atomic mass is 32.2. The summed E-state index contributed by atoms with van der Waals surface area (Å²) in [7, 11) is 0. The van der Waals surface area contributed by atoms with Gasteiger partial charge in [0.25, 0.3) is 0 Å². The van der Waals surface area contributed by atoms with Gasteiger partial charge in [-0.05, 0) is 29.3 Å². The van der Waals surface area contributed by atoms with E-state index >= 15 is 0 Å². The summed E-state index contributed by atoms with van der Waals surface area (Å²) in [5.41, 5.74) is 0. The van der Waals surface area contributed by atoms with Crippen LogP contribution in [0.2, 0.25) is 0 Å². The van der Waals surface area contributed by atoms with Gasteiger partial charge in [-0.15, -0.1) is 0 Å². The monoisotopic (exact) mass is 186 g/mol. The van der Waals surface area contributed by atoms with E-state index in [2.05, 4.69) is 32.5 Å². The Balaban J connectivity index is 2.34. The molecule has 2 unspecified atom stereocenters. The maximum atomic E-state index is 2.44. The minimum absolute atomic E-state index is 0.979. The van der Waals surface area contributed by atoms with Crippen LogP contribution >= 0.6 is 11.8 Å². The van der Waals surface area contributed by atoms with Crippen LogP contribution in [0.25, 0.3) is 0 Å². The predicted molar refractivity (Wildman–Crippen MR) is 58.7 cm³/mol. The molecule has 0 aromatic carbocycles. The fraction of sp³-hybridized carbons (Fsp3) is 1.00. The summed E-state index contributed by atoms with van der Waals surface area (Å²) < 4.78 is 0. The van der Waals surface area contributed by atoms with Crippen LogP contribution in [0, 0.1) is 17.8 Å². The lowest BCUT2D eigenvalue weighted by Crippen LogP contribution is -2.26. The number of hydrogen-bond donors (Lipinski definition) is 0. The summed E-state index contributed by atoms with van der Waals surface area (Å²) in [5.74, 6) is 5.65. The van der Waals surface area contributed by atoms with Gasteiger partial charge in [-0.25, -0.2) is 0 Å². The molecule has 1 rings (SSSR count). The Morgan fingerprint density at radius 3 is 2.25 bits per heavy atom. The van der Waals surface area contributed by atoms with Crippen molar-refractivity contribution in [2.75, 3.05) is 11.5 Å². The average Bonchev–Trinajstić information content (AvgIpc) is 2.04. The Hall–Kier alpha value is 0.350. The third kappa shape index (κ3) is 2.69. The zero-order valence-electron chi connectivity index (χ0n) is 8.68. The number of thioether (sulfide) groups is 1.